The zero-order valence-electron chi connectivity index (χ0n) is 25.1. The normalized spacial score (nSPS) is 15.2. The lowest BCUT2D eigenvalue weighted by Gasteiger charge is -2.20. The maximum absolute atomic E-state index is 13.8. The Morgan fingerprint density at radius 3 is 2.45 bits per heavy atom. The molecule has 11 nitrogen and oxygen atoms in total. The molecule has 2 N–H and O–H groups in total. The van der Waals surface area contributed by atoms with Gasteiger partial charge in [0.1, 0.15) is 6.61 Å². The van der Waals surface area contributed by atoms with Crippen LogP contribution in [0.15, 0.2) is 71.8 Å². The topological polar surface area (TPSA) is 142 Å². The van der Waals surface area contributed by atoms with E-state index in [-0.39, 0.29) is 52.9 Å². The Balaban J connectivity index is 1.64. The lowest BCUT2D eigenvalue weighted by molar-refractivity contribution is 0.0654. The van der Waals surface area contributed by atoms with Crippen LogP contribution in [0.3, 0.4) is 0 Å². The minimum atomic E-state index is -4.15. The van der Waals surface area contributed by atoms with Gasteiger partial charge in [0.05, 0.1) is 30.4 Å². The van der Waals surface area contributed by atoms with Gasteiger partial charge in [-0.2, -0.15) is 4.98 Å². The minimum absolute atomic E-state index is 0.000419. The monoisotopic (exact) mass is 620 g/mol. The lowest BCUT2D eigenvalue weighted by Crippen LogP contribution is -2.19. The van der Waals surface area contributed by atoms with E-state index in [9.17, 15) is 13.5 Å². The molecule has 1 fully saturated rings. The zero-order valence-corrected chi connectivity index (χ0v) is 25.9. The minimum Gasteiger partial charge on any atom is -0.493 e. The van der Waals surface area contributed by atoms with Crippen molar-refractivity contribution in [3.05, 3.63) is 78.1 Å². The number of nitrogens with one attached hydrogen (secondary N) is 1. The van der Waals surface area contributed by atoms with Gasteiger partial charge in [-0.25, -0.2) is 13.4 Å². The molecule has 232 valence electrons. The summed E-state index contributed by atoms with van der Waals surface area (Å²) in [7, 11) is -2.65. The first-order valence-corrected chi connectivity index (χ1v) is 15.7. The Hall–Kier alpha value is -4.26. The lowest BCUT2D eigenvalue weighted by atomic mass is 9.87. The van der Waals surface area contributed by atoms with Crippen molar-refractivity contribution < 1.29 is 32.5 Å². The molecule has 5 rings (SSSR count). The summed E-state index contributed by atoms with van der Waals surface area (Å²) in [6, 6.07) is 16.9. The number of ether oxygens (including phenoxy) is 4. The molecule has 0 radical (unpaired) electrons. The number of anilines is 1. The molecular formula is C32H36N4O7S. The highest BCUT2D eigenvalue weighted by molar-refractivity contribution is 7.92. The van der Waals surface area contributed by atoms with Crippen LogP contribution in [0.5, 0.6) is 23.1 Å². The summed E-state index contributed by atoms with van der Waals surface area (Å²) in [5.41, 5.74) is 1.72. The second kappa shape index (κ2) is 13.2. The highest BCUT2D eigenvalue weighted by atomic mass is 32.2. The molecule has 2 aromatic heterocycles. The molecule has 0 aliphatic carbocycles. The van der Waals surface area contributed by atoms with Gasteiger partial charge in [-0.15, -0.1) is 0 Å². The summed E-state index contributed by atoms with van der Waals surface area (Å²) in [6.45, 7) is 6.66. The van der Waals surface area contributed by atoms with E-state index < -0.39 is 10.0 Å². The standard InChI is InChI=1S/C32H36N4O7S/c1-32(2,3)22-11-13-25(14-12-22)44(38,39)36-30-28(43-27-10-6-5-9-26(27)40-4)31(42-20-24-8-7-17-41-24)35-29(34-30)21-15-16-33-23(18-21)19-37/h5-6,9-16,18,24,37H,7-8,17,19-20H2,1-4H3,(H,34,35,36). The van der Waals surface area contributed by atoms with Crippen LogP contribution in [-0.2, 0) is 26.8 Å². The molecule has 3 heterocycles. The molecule has 0 amide bonds. The van der Waals surface area contributed by atoms with Crippen LogP contribution < -0.4 is 18.9 Å². The van der Waals surface area contributed by atoms with E-state index in [0.29, 0.717) is 29.4 Å². The van der Waals surface area contributed by atoms with E-state index >= 15 is 0 Å². The molecule has 1 aliphatic rings. The van der Waals surface area contributed by atoms with Crippen LogP contribution in [0.1, 0.15) is 44.9 Å². The molecule has 4 aromatic rings. The second-order valence-corrected chi connectivity index (χ2v) is 13.0. The van der Waals surface area contributed by atoms with E-state index in [1.807, 2.05) is 0 Å². The van der Waals surface area contributed by atoms with Gasteiger partial charge in [0.15, 0.2) is 23.1 Å². The smallest absolute Gasteiger partial charge is 0.263 e. The van der Waals surface area contributed by atoms with Crippen LogP contribution in [0, 0.1) is 0 Å². The van der Waals surface area contributed by atoms with Crippen molar-refractivity contribution >= 4 is 15.8 Å². The van der Waals surface area contributed by atoms with Crippen LogP contribution in [0.25, 0.3) is 11.4 Å². The number of para-hydroxylation sites is 2. The molecule has 0 spiro atoms. The Kier molecular flexibility index (Phi) is 9.33. The van der Waals surface area contributed by atoms with Crippen molar-refractivity contribution in [2.45, 2.75) is 56.6 Å². The number of hydrogen-bond acceptors (Lipinski definition) is 10. The van der Waals surface area contributed by atoms with E-state index in [2.05, 4.69) is 40.4 Å². The Labute approximate surface area is 257 Å². The van der Waals surface area contributed by atoms with Crippen LogP contribution in [-0.4, -0.2) is 54.9 Å². The van der Waals surface area contributed by atoms with Crippen LogP contribution >= 0.6 is 0 Å². The van der Waals surface area contributed by atoms with Gasteiger partial charge in [-0.05, 0) is 60.2 Å². The number of sulfonamides is 1. The largest absolute Gasteiger partial charge is 0.493 e. The molecule has 2 aromatic carbocycles. The van der Waals surface area contributed by atoms with Crippen molar-refractivity contribution in [3.63, 3.8) is 0 Å². The number of rotatable bonds is 11. The Morgan fingerprint density at radius 2 is 1.80 bits per heavy atom. The number of aliphatic hydroxyl groups excluding tert-OH is 1. The maximum atomic E-state index is 13.8. The average molecular weight is 621 g/mol. The number of nitrogens with zero attached hydrogens (tertiary/aromatic N) is 3. The first-order valence-electron chi connectivity index (χ1n) is 14.2. The van der Waals surface area contributed by atoms with Gasteiger partial charge in [0.2, 0.25) is 5.75 Å². The highest BCUT2D eigenvalue weighted by Gasteiger charge is 2.27. The number of benzene rings is 2. The summed E-state index contributed by atoms with van der Waals surface area (Å²) < 4.78 is 53.8. The van der Waals surface area contributed by atoms with Crippen LogP contribution in [0.4, 0.5) is 5.82 Å². The SMILES string of the molecule is COc1ccccc1Oc1c(NS(=O)(=O)c2ccc(C(C)(C)C)cc2)nc(-c2ccnc(CO)c2)nc1OCC1CCCO1. The number of aliphatic hydroxyl groups is 1. The van der Waals surface area contributed by atoms with Crippen LogP contribution in [0.2, 0.25) is 0 Å². The fourth-order valence-corrected chi connectivity index (χ4v) is 5.61. The Bertz CT molecular complexity index is 1700. The molecular weight excluding hydrogens is 584 g/mol. The molecule has 1 aliphatic heterocycles. The van der Waals surface area contributed by atoms with Gasteiger partial charge < -0.3 is 24.1 Å². The van der Waals surface area contributed by atoms with Crippen molar-refractivity contribution in [2.75, 3.05) is 25.0 Å². The molecule has 1 atom stereocenters. The van der Waals surface area contributed by atoms with E-state index in [4.69, 9.17) is 18.9 Å². The predicted molar refractivity (Wildman–Crippen MR) is 165 cm³/mol. The third-order valence-electron chi connectivity index (χ3n) is 7.04. The van der Waals surface area contributed by atoms with Gasteiger partial charge in [0.25, 0.3) is 15.9 Å². The third-order valence-corrected chi connectivity index (χ3v) is 8.40. The first-order chi connectivity index (χ1) is 21.1. The maximum Gasteiger partial charge on any atom is 0.263 e. The first kappa shape index (κ1) is 31.2. The van der Waals surface area contributed by atoms with E-state index in [0.717, 1.165) is 18.4 Å². The second-order valence-electron chi connectivity index (χ2n) is 11.3. The highest BCUT2D eigenvalue weighted by Crippen LogP contribution is 2.42. The summed E-state index contributed by atoms with van der Waals surface area (Å²) in [5.74, 6) is 0.648. The van der Waals surface area contributed by atoms with Crippen molar-refractivity contribution in [1.29, 1.82) is 0 Å². The molecule has 1 unspecified atom stereocenters. The summed E-state index contributed by atoms with van der Waals surface area (Å²) >= 11 is 0. The van der Waals surface area contributed by atoms with Crippen molar-refractivity contribution in [3.8, 4) is 34.5 Å². The number of hydrogen-bond donors (Lipinski definition) is 2. The fourth-order valence-electron chi connectivity index (χ4n) is 4.60. The van der Waals surface area contributed by atoms with Crippen molar-refractivity contribution in [2.24, 2.45) is 0 Å². The molecule has 0 saturated carbocycles. The number of aromatic nitrogens is 3. The molecule has 0 bridgehead atoms. The summed E-state index contributed by atoms with van der Waals surface area (Å²) in [6.07, 6.45) is 3.08. The van der Waals surface area contributed by atoms with Gasteiger partial charge in [-0.3, -0.25) is 9.71 Å². The summed E-state index contributed by atoms with van der Waals surface area (Å²) in [5, 5.41) is 9.66. The number of methoxy groups -OCH3 is 1. The fraction of sp³-hybridized carbons (Fsp3) is 0.344. The molecule has 44 heavy (non-hydrogen) atoms. The number of pyridine rings is 1. The molecule has 1 saturated heterocycles. The third kappa shape index (κ3) is 7.26. The van der Waals surface area contributed by atoms with Crippen molar-refractivity contribution in [1.82, 2.24) is 15.0 Å². The van der Waals surface area contributed by atoms with E-state index in [1.165, 1.54) is 13.3 Å². The summed E-state index contributed by atoms with van der Waals surface area (Å²) in [4.78, 5) is 13.4. The zero-order chi connectivity index (χ0) is 31.3. The van der Waals surface area contributed by atoms with Gasteiger partial charge >= 0.3 is 0 Å². The van der Waals surface area contributed by atoms with Gasteiger partial charge in [0, 0.05) is 18.4 Å². The quantitative estimate of drug-likeness (QED) is 0.221. The predicted octanol–water partition coefficient (Wildman–Crippen LogP) is 5.49. The average Bonchev–Trinajstić information content (AvgIpc) is 3.54. The van der Waals surface area contributed by atoms with E-state index in [1.54, 1.807) is 60.7 Å². The van der Waals surface area contributed by atoms with Gasteiger partial charge in [-0.1, -0.05) is 45.0 Å². The Morgan fingerprint density at radius 1 is 1.05 bits per heavy atom. The molecule has 12 heteroatoms.